The molecule has 0 aromatic rings. The van der Waals surface area contributed by atoms with Gasteiger partial charge in [-0.05, 0) is 19.3 Å². The summed E-state index contributed by atoms with van der Waals surface area (Å²) >= 11 is 0. The third kappa shape index (κ3) is 6.50. The molecule has 0 atom stereocenters. The smallest absolute Gasteiger partial charge is 0.303 e. The standard InChI is InChI=1S/C10H21NO5P/c12-8-7-11(10-4-1-2-5-10)6-3-9-16-17(13,14)15/h10H,1-9H2,(H2,13,14,15). The molecule has 0 aromatic heterocycles. The van der Waals surface area contributed by atoms with Gasteiger partial charge in [-0.3, -0.25) is 9.42 Å². The van der Waals surface area contributed by atoms with Crippen LogP contribution in [0.15, 0.2) is 0 Å². The fraction of sp³-hybridized carbons (Fsp3) is 1.00. The van der Waals surface area contributed by atoms with Crippen molar-refractivity contribution in [1.82, 2.24) is 4.90 Å². The minimum Gasteiger partial charge on any atom is -0.303 e. The van der Waals surface area contributed by atoms with Gasteiger partial charge in [0.1, 0.15) is 0 Å². The molecule has 1 saturated carbocycles. The van der Waals surface area contributed by atoms with E-state index in [0.29, 0.717) is 25.6 Å². The van der Waals surface area contributed by atoms with Gasteiger partial charge in [-0.15, -0.1) is 0 Å². The molecule has 0 saturated heterocycles. The molecule has 0 heterocycles. The van der Waals surface area contributed by atoms with Crippen LogP contribution in [0.1, 0.15) is 32.1 Å². The average molecular weight is 266 g/mol. The van der Waals surface area contributed by atoms with Gasteiger partial charge >= 0.3 is 7.82 Å². The van der Waals surface area contributed by atoms with E-state index in [4.69, 9.17) is 9.79 Å². The fourth-order valence-corrected chi connectivity index (χ4v) is 2.68. The predicted octanol–water partition coefficient (Wildman–Crippen LogP) is 1.16. The third-order valence-corrected chi connectivity index (χ3v) is 3.59. The van der Waals surface area contributed by atoms with Gasteiger partial charge in [-0.2, -0.15) is 0 Å². The molecule has 1 radical (unpaired) electrons. The van der Waals surface area contributed by atoms with Crippen molar-refractivity contribution >= 4 is 7.82 Å². The summed E-state index contributed by atoms with van der Waals surface area (Å²) in [5, 5.41) is 10.7. The summed E-state index contributed by atoms with van der Waals surface area (Å²) in [5.41, 5.74) is 0. The Balaban J connectivity index is 2.22. The molecule has 0 aliphatic heterocycles. The molecule has 1 aliphatic rings. The number of phosphoric ester groups is 1. The van der Waals surface area contributed by atoms with Crippen molar-refractivity contribution in [1.29, 1.82) is 0 Å². The summed E-state index contributed by atoms with van der Waals surface area (Å²) in [7, 11) is -4.35. The largest absolute Gasteiger partial charge is 0.469 e. The quantitative estimate of drug-likeness (QED) is 0.508. The lowest BCUT2D eigenvalue weighted by atomic mass is 10.2. The lowest BCUT2D eigenvalue weighted by Crippen LogP contribution is -2.36. The molecule has 0 unspecified atom stereocenters. The van der Waals surface area contributed by atoms with E-state index in [1.165, 1.54) is 12.8 Å². The first-order chi connectivity index (χ1) is 8.03. The van der Waals surface area contributed by atoms with Crippen LogP contribution in [0.25, 0.3) is 0 Å². The first-order valence-electron chi connectivity index (χ1n) is 6.05. The second-order valence-corrected chi connectivity index (χ2v) is 5.60. The number of hydrogen-bond donors (Lipinski definition) is 2. The molecule has 0 spiro atoms. The molecule has 101 valence electrons. The molecule has 6 nitrogen and oxygen atoms in total. The van der Waals surface area contributed by atoms with Crippen LogP contribution in [0.3, 0.4) is 0 Å². The van der Waals surface area contributed by atoms with Gasteiger partial charge in [0.05, 0.1) is 13.2 Å². The Labute approximate surface area is 102 Å². The van der Waals surface area contributed by atoms with Crippen LogP contribution >= 0.6 is 7.82 Å². The van der Waals surface area contributed by atoms with E-state index < -0.39 is 7.82 Å². The molecule has 2 N–H and O–H groups in total. The molecular weight excluding hydrogens is 245 g/mol. The zero-order valence-electron chi connectivity index (χ0n) is 9.95. The van der Waals surface area contributed by atoms with Crippen LogP contribution in [0.2, 0.25) is 0 Å². The Bertz CT molecular complexity index is 251. The molecule has 0 aromatic carbocycles. The maximum Gasteiger partial charge on any atom is 0.469 e. The number of phosphoric acid groups is 1. The van der Waals surface area contributed by atoms with E-state index in [2.05, 4.69) is 9.42 Å². The van der Waals surface area contributed by atoms with Crippen molar-refractivity contribution in [2.24, 2.45) is 0 Å². The monoisotopic (exact) mass is 266 g/mol. The van der Waals surface area contributed by atoms with Gasteiger partial charge in [0.25, 0.3) is 0 Å². The molecule has 1 aliphatic carbocycles. The average Bonchev–Trinajstić information content (AvgIpc) is 2.74. The second kappa shape index (κ2) is 7.46. The summed E-state index contributed by atoms with van der Waals surface area (Å²) < 4.78 is 14.8. The zero-order valence-corrected chi connectivity index (χ0v) is 10.8. The Morgan fingerprint density at radius 3 is 2.41 bits per heavy atom. The summed E-state index contributed by atoms with van der Waals surface area (Å²) in [4.78, 5) is 19.2. The number of hydrogen-bond acceptors (Lipinski definition) is 3. The van der Waals surface area contributed by atoms with Crippen LogP contribution in [0.5, 0.6) is 0 Å². The Hall–Kier alpha value is 0.0300. The van der Waals surface area contributed by atoms with Gasteiger partial charge < -0.3 is 9.79 Å². The molecule has 0 bridgehead atoms. The van der Waals surface area contributed by atoms with Crippen molar-refractivity contribution < 1.29 is 24.0 Å². The highest BCUT2D eigenvalue weighted by Gasteiger charge is 2.22. The molecular formula is C10H21NO5P. The topological polar surface area (TPSA) is 89.9 Å². The lowest BCUT2D eigenvalue weighted by molar-refractivity contribution is 0.105. The Morgan fingerprint density at radius 1 is 1.24 bits per heavy atom. The first kappa shape index (κ1) is 15.1. The van der Waals surface area contributed by atoms with Gasteiger partial charge in [0.2, 0.25) is 0 Å². The van der Waals surface area contributed by atoms with E-state index >= 15 is 0 Å². The van der Waals surface area contributed by atoms with Crippen molar-refractivity contribution in [3.05, 3.63) is 0 Å². The highest BCUT2D eigenvalue weighted by Crippen LogP contribution is 2.35. The molecule has 0 amide bonds. The molecule has 1 rings (SSSR count). The maximum absolute atomic E-state index is 10.7. The van der Waals surface area contributed by atoms with Crippen molar-refractivity contribution in [3.8, 4) is 0 Å². The van der Waals surface area contributed by atoms with Gasteiger partial charge in [0.15, 0.2) is 0 Å². The van der Waals surface area contributed by atoms with Crippen molar-refractivity contribution in [2.45, 2.75) is 38.1 Å². The number of nitrogens with zero attached hydrogens (tertiary/aromatic N) is 1. The van der Waals surface area contributed by atoms with Crippen molar-refractivity contribution in [3.63, 3.8) is 0 Å². The number of rotatable bonds is 8. The molecule has 1 fully saturated rings. The van der Waals surface area contributed by atoms with E-state index in [0.717, 1.165) is 12.8 Å². The normalized spacial score (nSPS) is 18.1. The zero-order chi connectivity index (χ0) is 12.7. The summed E-state index contributed by atoms with van der Waals surface area (Å²) in [6.07, 6.45) is 5.21. The minimum absolute atomic E-state index is 0.0341. The lowest BCUT2D eigenvalue weighted by Gasteiger charge is -2.27. The summed E-state index contributed by atoms with van der Waals surface area (Å²) in [6, 6.07) is 0.471. The van der Waals surface area contributed by atoms with Crippen LogP contribution in [-0.2, 0) is 14.2 Å². The van der Waals surface area contributed by atoms with E-state index in [1.807, 2.05) is 0 Å². The third-order valence-electron chi connectivity index (χ3n) is 3.07. The summed E-state index contributed by atoms with van der Waals surface area (Å²) in [5.74, 6) is 0. The van der Waals surface area contributed by atoms with E-state index in [-0.39, 0.29) is 13.2 Å². The highest BCUT2D eigenvalue weighted by atomic mass is 31.2. The van der Waals surface area contributed by atoms with Crippen LogP contribution in [0, 0.1) is 0 Å². The highest BCUT2D eigenvalue weighted by molar-refractivity contribution is 7.46. The van der Waals surface area contributed by atoms with Crippen molar-refractivity contribution in [2.75, 3.05) is 26.3 Å². The summed E-state index contributed by atoms with van der Waals surface area (Å²) in [6.45, 7) is 1.09. The van der Waals surface area contributed by atoms with Gasteiger partial charge in [0, 0.05) is 19.1 Å². The van der Waals surface area contributed by atoms with Crippen LogP contribution in [-0.4, -0.2) is 47.0 Å². The maximum atomic E-state index is 10.7. The molecule has 7 heteroatoms. The van der Waals surface area contributed by atoms with Gasteiger partial charge in [-0.25, -0.2) is 9.67 Å². The molecule has 17 heavy (non-hydrogen) atoms. The van der Waals surface area contributed by atoms with E-state index in [1.54, 1.807) is 0 Å². The Kier molecular flexibility index (Phi) is 6.62. The Morgan fingerprint density at radius 2 is 1.88 bits per heavy atom. The SMILES string of the molecule is [O]CCN(CCCOP(=O)(O)O)C1CCCC1. The fourth-order valence-electron chi connectivity index (χ4n) is 2.31. The van der Waals surface area contributed by atoms with Gasteiger partial charge in [-0.1, -0.05) is 12.8 Å². The minimum atomic E-state index is -4.35. The van der Waals surface area contributed by atoms with Crippen LogP contribution < -0.4 is 0 Å². The van der Waals surface area contributed by atoms with Crippen LogP contribution in [0.4, 0.5) is 0 Å². The predicted molar refractivity (Wildman–Crippen MR) is 62.0 cm³/mol. The first-order valence-corrected chi connectivity index (χ1v) is 7.58. The second-order valence-electron chi connectivity index (χ2n) is 4.36. The van der Waals surface area contributed by atoms with E-state index in [9.17, 15) is 9.67 Å².